The highest BCUT2D eigenvalue weighted by Crippen LogP contribution is 2.22. The van der Waals surface area contributed by atoms with Crippen LogP contribution in [0.4, 0.5) is 4.39 Å². The molecule has 2 nitrogen and oxygen atoms in total. The Hall–Kier alpha value is -0.900. The van der Waals surface area contributed by atoms with Gasteiger partial charge in [-0.05, 0) is 18.1 Å². The highest BCUT2D eigenvalue weighted by atomic mass is 79.9. The second-order valence-corrected chi connectivity index (χ2v) is 3.98. The van der Waals surface area contributed by atoms with E-state index >= 15 is 0 Å². The molecule has 0 heterocycles. The van der Waals surface area contributed by atoms with Gasteiger partial charge in [0.15, 0.2) is 0 Å². The maximum atomic E-state index is 12.9. The Kier molecular flexibility index (Phi) is 4.27. The van der Waals surface area contributed by atoms with Crippen LogP contribution in [-0.4, -0.2) is 16.4 Å². The first kappa shape index (κ1) is 12.2. The molecule has 4 heteroatoms. The Morgan fingerprint density at radius 2 is 1.87 bits per heavy atom. The van der Waals surface area contributed by atoms with Crippen LogP contribution in [0, 0.1) is 0 Å². The molecule has 1 rings (SSSR count). The van der Waals surface area contributed by atoms with E-state index in [4.69, 9.17) is 5.11 Å². The minimum Gasteiger partial charge on any atom is -0.481 e. The molecule has 0 aromatic heterocycles. The van der Waals surface area contributed by atoms with Gasteiger partial charge < -0.3 is 5.11 Å². The van der Waals surface area contributed by atoms with Crippen molar-refractivity contribution in [3.8, 4) is 0 Å². The molecular formula is C11H12BrFO2. The third-order valence-electron chi connectivity index (χ3n) is 2.25. The molecule has 0 bridgehead atoms. The SMILES string of the molecule is CC(F)c1ccc(C(CBr)C(=O)O)cc1. The molecule has 0 spiro atoms. The van der Waals surface area contributed by atoms with Gasteiger partial charge in [0, 0.05) is 5.33 Å². The van der Waals surface area contributed by atoms with E-state index in [0.29, 0.717) is 16.5 Å². The van der Waals surface area contributed by atoms with Gasteiger partial charge >= 0.3 is 5.97 Å². The molecule has 0 saturated heterocycles. The van der Waals surface area contributed by atoms with E-state index in [0.717, 1.165) is 0 Å². The predicted molar refractivity (Wildman–Crippen MR) is 60.1 cm³/mol. The summed E-state index contributed by atoms with van der Waals surface area (Å²) in [5.41, 5.74) is 1.25. The molecule has 0 aliphatic rings. The molecule has 2 atom stereocenters. The Bertz CT molecular complexity index is 335. The van der Waals surface area contributed by atoms with Gasteiger partial charge in [-0.1, -0.05) is 40.2 Å². The number of benzene rings is 1. The summed E-state index contributed by atoms with van der Waals surface area (Å²) in [6.07, 6.45) is -1.02. The van der Waals surface area contributed by atoms with Crippen molar-refractivity contribution in [1.29, 1.82) is 0 Å². The van der Waals surface area contributed by atoms with Crippen LogP contribution >= 0.6 is 15.9 Å². The molecule has 82 valence electrons. The van der Waals surface area contributed by atoms with E-state index in [1.54, 1.807) is 24.3 Å². The lowest BCUT2D eigenvalue weighted by Gasteiger charge is -2.10. The summed E-state index contributed by atoms with van der Waals surface area (Å²) >= 11 is 3.15. The normalized spacial score (nSPS) is 14.6. The van der Waals surface area contributed by atoms with Crippen molar-refractivity contribution in [2.45, 2.75) is 19.0 Å². The van der Waals surface area contributed by atoms with E-state index in [-0.39, 0.29) is 0 Å². The lowest BCUT2D eigenvalue weighted by Crippen LogP contribution is -2.12. The topological polar surface area (TPSA) is 37.3 Å². The number of carbonyl (C=O) groups is 1. The van der Waals surface area contributed by atoms with Crippen LogP contribution in [0.3, 0.4) is 0 Å². The minimum atomic E-state index is -1.02. The highest BCUT2D eigenvalue weighted by Gasteiger charge is 2.18. The Morgan fingerprint density at radius 3 is 2.20 bits per heavy atom. The number of aliphatic carboxylic acids is 1. The first-order valence-corrected chi connectivity index (χ1v) is 5.71. The van der Waals surface area contributed by atoms with E-state index < -0.39 is 18.1 Å². The van der Waals surface area contributed by atoms with E-state index in [9.17, 15) is 9.18 Å². The second-order valence-electron chi connectivity index (χ2n) is 3.33. The average Bonchev–Trinajstić information content (AvgIpc) is 2.19. The van der Waals surface area contributed by atoms with Gasteiger partial charge in [0.05, 0.1) is 5.92 Å². The van der Waals surface area contributed by atoms with E-state index in [1.165, 1.54) is 6.92 Å². The molecular weight excluding hydrogens is 263 g/mol. The lowest BCUT2D eigenvalue weighted by atomic mass is 9.99. The van der Waals surface area contributed by atoms with Crippen molar-refractivity contribution < 1.29 is 14.3 Å². The van der Waals surface area contributed by atoms with E-state index in [2.05, 4.69) is 15.9 Å². The smallest absolute Gasteiger partial charge is 0.311 e. The van der Waals surface area contributed by atoms with Crippen molar-refractivity contribution in [3.63, 3.8) is 0 Å². The Morgan fingerprint density at radius 1 is 1.40 bits per heavy atom. The van der Waals surface area contributed by atoms with Gasteiger partial charge in [0.25, 0.3) is 0 Å². The van der Waals surface area contributed by atoms with Crippen LogP contribution in [0.25, 0.3) is 0 Å². The minimum absolute atomic E-state index is 0.354. The maximum Gasteiger partial charge on any atom is 0.311 e. The quantitative estimate of drug-likeness (QED) is 0.856. The summed E-state index contributed by atoms with van der Waals surface area (Å²) in [5, 5.41) is 9.26. The molecule has 0 fully saturated rings. The largest absolute Gasteiger partial charge is 0.481 e. The summed E-state index contributed by atoms with van der Waals surface area (Å²) in [4.78, 5) is 10.8. The van der Waals surface area contributed by atoms with Gasteiger partial charge in [-0.15, -0.1) is 0 Å². The van der Waals surface area contributed by atoms with Crippen LogP contribution in [0.2, 0.25) is 0 Å². The number of carboxylic acids is 1. The summed E-state index contributed by atoms with van der Waals surface area (Å²) in [6, 6.07) is 6.56. The van der Waals surface area contributed by atoms with Crippen LogP contribution in [0.5, 0.6) is 0 Å². The fourth-order valence-corrected chi connectivity index (χ4v) is 1.94. The first-order chi connectivity index (χ1) is 7.06. The molecule has 1 N–H and O–H groups in total. The zero-order chi connectivity index (χ0) is 11.4. The molecule has 1 aromatic carbocycles. The Balaban J connectivity index is 2.92. The summed E-state index contributed by atoms with van der Waals surface area (Å²) in [6.45, 7) is 1.45. The summed E-state index contributed by atoms with van der Waals surface area (Å²) < 4.78 is 12.9. The zero-order valence-corrected chi connectivity index (χ0v) is 9.87. The van der Waals surface area contributed by atoms with Crippen LogP contribution in [0.1, 0.15) is 30.1 Å². The molecule has 0 amide bonds. The maximum absolute atomic E-state index is 12.9. The van der Waals surface area contributed by atoms with Crippen molar-refractivity contribution in [3.05, 3.63) is 35.4 Å². The predicted octanol–water partition coefficient (Wildman–Crippen LogP) is 3.28. The average molecular weight is 275 g/mol. The Labute approximate surface area is 96.2 Å². The number of hydrogen-bond donors (Lipinski definition) is 1. The molecule has 0 radical (unpaired) electrons. The van der Waals surface area contributed by atoms with Crippen molar-refractivity contribution in [2.75, 3.05) is 5.33 Å². The van der Waals surface area contributed by atoms with Crippen LogP contribution < -0.4 is 0 Å². The number of hydrogen-bond acceptors (Lipinski definition) is 1. The number of alkyl halides is 2. The van der Waals surface area contributed by atoms with Gasteiger partial charge in [0.1, 0.15) is 6.17 Å². The van der Waals surface area contributed by atoms with E-state index in [1.807, 2.05) is 0 Å². The van der Waals surface area contributed by atoms with Crippen LogP contribution in [-0.2, 0) is 4.79 Å². The third-order valence-corrected chi connectivity index (χ3v) is 2.90. The summed E-state index contributed by atoms with van der Waals surface area (Å²) in [5.74, 6) is -1.46. The monoisotopic (exact) mass is 274 g/mol. The highest BCUT2D eigenvalue weighted by molar-refractivity contribution is 9.09. The first-order valence-electron chi connectivity index (χ1n) is 4.59. The van der Waals surface area contributed by atoms with Gasteiger partial charge in [-0.2, -0.15) is 0 Å². The van der Waals surface area contributed by atoms with Crippen LogP contribution in [0.15, 0.2) is 24.3 Å². The van der Waals surface area contributed by atoms with Gasteiger partial charge in [-0.25, -0.2) is 4.39 Å². The number of rotatable bonds is 4. The van der Waals surface area contributed by atoms with Crippen molar-refractivity contribution in [1.82, 2.24) is 0 Å². The molecule has 0 aliphatic carbocycles. The number of carboxylic acid groups (broad SMARTS) is 1. The number of halogens is 2. The van der Waals surface area contributed by atoms with Crippen molar-refractivity contribution in [2.24, 2.45) is 0 Å². The standard InChI is InChI=1S/C11H12BrFO2/c1-7(13)8-2-4-9(5-3-8)10(6-12)11(14)15/h2-5,7,10H,6H2,1H3,(H,14,15). The van der Waals surface area contributed by atoms with Gasteiger partial charge in [-0.3, -0.25) is 4.79 Å². The third kappa shape index (κ3) is 3.02. The fraction of sp³-hybridized carbons (Fsp3) is 0.364. The molecule has 2 unspecified atom stereocenters. The molecule has 15 heavy (non-hydrogen) atoms. The molecule has 0 aliphatic heterocycles. The summed E-state index contributed by atoms with van der Waals surface area (Å²) in [7, 11) is 0. The lowest BCUT2D eigenvalue weighted by molar-refractivity contribution is -0.138. The zero-order valence-electron chi connectivity index (χ0n) is 8.28. The fourth-order valence-electron chi connectivity index (χ4n) is 1.29. The molecule has 0 saturated carbocycles. The van der Waals surface area contributed by atoms with Gasteiger partial charge in [0.2, 0.25) is 0 Å². The molecule has 1 aromatic rings. The second kappa shape index (κ2) is 5.26. The van der Waals surface area contributed by atoms with Crippen molar-refractivity contribution >= 4 is 21.9 Å².